The Kier molecular flexibility index (Phi) is 4.78. The van der Waals surface area contributed by atoms with E-state index in [1.807, 2.05) is 0 Å². The maximum atomic E-state index is 6.43. The lowest BCUT2D eigenvalue weighted by Crippen LogP contribution is -2.03. The first-order valence-corrected chi connectivity index (χ1v) is 9.41. The monoisotopic (exact) mass is 338 g/mol. The van der Waals surface area contributed by atoms with Crippen LogP contribution in [0.1, 0.15) is 36.1 Å². The molecule has 0 aliphatic carbocycles. The van der Waals surface area contributed by atoms with Crippen molar-refractivity contribution in [3.8, 4) is 11.5 Å². The fourth-order valence-electron chi connectivity index (χ4n) is 3.58. The minimum atomic E-state index is 0.397. The zero-order chi connectivity index (χ0) is 17.2. The van der Waals surface area contributed by atoms with Crippen LogP contribution in [0.2, 0.25) is 0 Å². The van der Waals surface area contributed by atoms with Crippen LogP contribution in [0.4, 0.5) is 0 Å². The Balaban J connectivity index is 1.62. The van der Waals surface area contributed by atoms with E-state index in [4.69, 9.17) is 14.2 Å². The lowest BCUT2D eigenvalue weighted by Gasteiger charge is -2.17. The van der Waals surface area contributed by atoms with Crippen LogP contribution in [0, 0.1) is 0 Å². The molecule has 3 heteroatoms. The maximum Gasteiger partial charge on any atom is 0.130 e. The van der Waals surface area contributed by atoms with Crippen LogP contribution in [0.5, 0.6) is 11.5 Å². The summed E-state index contributed by atoms with van der Waals surface area (Å²) in [6.07, 6.45) is 4.70. The van der Waals surface area contributed by atoms with E-state index in [-0.39, 0.29) is 0 Å². The van der Waals surface area contributed by atoms with Crippen molar-refractivity contribution in [3.05, 3.63) is 58.7 Å². The predicted octanol–water partition coefficient (Wildman–Crippen LogP) is 4.49. The molecule has 25 heavy (non-hydrogen) atoms. The summed E-state index contributed by atoms with van der Waals surface area (Å²) in [5, 5.41) is 0. The average molecular weight is 338 g/mol. The highest BCUT2D eigenvalue weighted by atomic mass is 16.6. The molecule has 2 aromatic carbocycles. The Bertz CT molecular complexity index is 681. The van der Waals surface area contributed by atoms with E-state index >= 15 is 0 Å². The molecule has 0 bridgehead atoms. The Hall–Kier alpha value is -1.84. The average Bonchev–Trinajstić information content (AvgIpc) is 3.52. The summed E-state index contributed by atoms with van der Waals surface area (Å²) in [5.74, 6) is 1.96. The molecule has 2 unspecified atom stereocenters. The van der Waals surface area contributed by atoms with E-state index in [0.29, 0.717) is 12.2 Å². The Morgan fingerprint density at radius 2 is 1.24 bits per heavy atom. The summed E-state index contributed by atoms with van der Waals surface area (Å²) in [5.41, 5.74) is 5.30. The summed E-state index contributed by atoms with van der Waals surface area (Å²) >= 11 is 0. The molecular formula is C22H26O3. The zero-order valence-corrected chi connectivity index (χ0v) is 15.1. The fraction of sp³-hybridized carbons (Fsp3) is 0.455. The van der Waals surface area contributed by atoms with Gasteiger partial charge in [0, 0.05) is 12.8 Å². The number of epoxide rings is 2. The van der Waals surface area contributed by atoms with Crippen LogP contribution in [-0.2, 0) is 35.2 Å². The molecule has 2 saturated heterocycles. The zero-order valence-electron chi connectivity index (χ0n) is 15.1. The summed E-state index contributed by atoms with van der Waals surface area (Å²) < 4.78 is 17.3. The Morgan fingerprint density at radius 1 is 0.800 bits per heavy atom. The minimum Gasteiger partial charge on any atom is -0.457 e. The van der Waals surface area contributed by atoms with Crippen molar-refractivity contribution in [2.24, 2.45) is 0 Å². The van der Waals surface area contributed by atoms with Crippen LogP contribution < -0.4 is 4.74 Å². The number of ether oxygens (including phenoxy) is 3. The van der Waals surface area contributed by atoms with Crippen LogP contribution in [0.3, 0.4) is 0 Å². The van der Waals surface area contributed by atoms with Crippen LogP contribution >= 0.6 is 0 Å². The molecule has 4 rings (SSSR count). The van der Waals surface area contributed by atoms with Crippen molar-refractivity contribution >= 4 is 0 Å². The van der Waals surface area contributed by atoms with Gasteiger partial charge in [-0.05, 0) is 47.2 Å². The van der Waals surface area contributed by atoms with Gasteiger partial charge in [-0.1, -0.05) is 38.1 Å². The third-order valence-electron chi connectivity index (χ3n) is 5.09. The molecule has 2 fully saturated rings. The molecule has 2 aliphatic rings. The van der Waals surface area contributed by atoms with Gasteiger partial charge in [-0.25, -0.2) is 0 Å². The molecule has 2 aromatic rings. The molecule has 0 amide bonds. The second-order valence-electron chi connectivity index (χ2n) is 6.92. The maximum absolute atomic E-state index is 6.43. The molecule has 2 heterocycles. The largest absolute Gasteiger partial charge is 0.457 e. The summed E-state index contributed by atoms with van der Waals surface area (Å²) in [7, 11) is 0. The van der Waals surface area contributed by atoms with Crippen molar-refractivity contribution in [3.63, 3.8) is 0 Å². The molecule has 132 valence electrons. The highest BCUT2D eigenvalue weighted by Crippen LogP contribution is 2.34. The third-order valence-corrected chi connectivity index (χ3v) is 5.09. The number of rotatable bonds is 8. The molecular weight excluding hydrogens is 312 g/mol. The van der Waals surface area contributed by atoms with Crippen LogP contribution in [0.15, 0.2) is 36.4 Å². The van der Waals surface area contributed by atoms with Gasteiger partial charge in [-0.2, -0.15) is 0 Å². The molecule has 0 N–H and O–H groups in total. The summed E-state index contributed by atoms with van der Waals surface area (Å²) in [6.45, 7) is 6.17. The number of hydrogen-bond acceptors (Lipinski definition) is 3. The van der Waals surface area contributed by atoms with Gasteiger partial charge in [-0.15, -0.1) is 0 Å². The van der Waals surface area contributed by atoms with Gasteiger partial charge in [0.1, 0.15) is 11.5 Å². The van der Waals surface area contributed by atoms with Gasteiger partial charge < -0.3 is 14.2 Å². The number of hydrogen-bond donors (Lipinski definition) is 0. The van der Waals surface area contributed by atoms with Gasteiger partial charge in [-0.3, -0.25) is 0 Å². The first kappa shape index (κ1) is 16.6. The first-order chi connectivity index (χ1) is 12.3. The second-order valence-corrected chi connectivity index (χ2v) is 6.92. The van der Waals surface area contributed by atoms with Crippen molar-refractivity contribution in [1.82, 2.24) is 0 Å². The van der Waals surface area contributed by atoms with Gasteiger partial charge >= 0.3 is 0 Å². The topological polar surface area (TPSA) is 34.3 Å². The molecule has 2 aliphatic heterocycles. The molecule has 0 spiro atoms. The molecule has 3 nitrogen and oxygen atoms in total. The van der Waals surface area contributed by atoms with Gasteiger partial charge in [0.15, 0.2) is 0 Å². The smallest absolute Gasteiger partial charge is 0.130 e. The molecule has 0 radical (unpaired) electrons. The van der Waals surface area contributed by atoms with Gasteiger partial charge in [0.2, 0.25) is 0 Å². The third kappa shape index (κ3) is 3.88. The molecule has 0 saturated carbocycles. The Morgan fingerprint density at radius 3 is 1.60 bits per heavy atom. The summed E-state index contributed by atoms with van der Waals surface area (Å²) in [4.78, 5) is 0. The normalized spacial score (nSPS) is 21.2. The minimum absolute atomic E-state index is 0.397. The predicted molar refractivity (Wildman–Crippen MR) is 98.6 cm³/mol. The van der Waals surface area contributed by atoms with E-state index in [1.165, 1.54) is 22.3 Å². The van der Waals surface area contributed by atoms with E-state index in [0.717, 1.165) is 50.4 Å². The molecule has 2 atom stereocenters. The van der Waals surface area contributed by atoms with Crippen molar-refractivity contribution < 1.29 is 14.2 Å². The molecule has 0 aromatic heterocycles. The van der Waals surface area contributed by atoms with Crippen LogP contribution in [-0.4, -0.2) is 25.4 Å². The standard InChI is InChI=1S/C22H26O3/c1-3-19-15(11-17-13-23-17)7-5-9-21(19)25-22-10-6-8-16(20(22)4-2)12-18-14-24-18/h5-10,17-18H,3-4,11-14H2,1-2H3. The van der Waals surface area contributed by atoms with Crippen molar-refractivity contribution in [2.75, 3.05) is 13.2 Å². The van der Waals surface area contributed by atoms with Crippen molar-refractivity contribution in [1.29, 1.82) is 0 Å². The summed E-state index contributed by atoms with van der Waals surface area (Å²) in [6, 6.07) is 12.8. The Labute approximate surface area is 149 Å². The highest BCUT2D eigenvalue weighted by Gasteiger charge is 2.26. The van der Waals surface area contributed by atoms with Crippen molar-refractivity contribution in [2.45, 2.75) is 51.7 Å². The second kappa shape index (κ2) is 7.19. The van der Waals surface area contributed by atoms with E-state index in [9.17, 15) is 0 Å². The lowest BCUT2D eigenvalue weighted by molar-refractivity contribution is 0.406. The van der Waals surface area contributed by atoms with Crippen LogP contribution in [0.25, 0.3) is 0 Å². The van der Waals surface area contributed by atoms with E-state index in [1.54, 1.807) is 0 Å². The van der Waals surface area contributed by atoms with Gasteiger partial charge in [0.05, 0.1) is 25.4 Å². The van der Waals surface area contributed by atoms with E-state index in [2.05, 4.69) is 50.2 Å². The highest BCUT2D eigenvalue weighted by molar-refractivity contribution is 5.47. The quantitative estimate of drug-likeness (QED) is 0.665. The van der Waals surface area contributed by atoms with Gasteiger partial charge in [0.25, 0.3) is 0 Å². The first-order valence-electron chi connectivity index (χ1n) is 9.41. The SMILES string of the molecule is CCc1c(CC2CO2)cccc1Oc1cccc(CC2CO2)c1CC. The van der Waals surface area contributed by atoms with E-state index < -0.39 is 0 Å². The lowest BCUT2D eigenvalue weighted by atomic mass is 9.99. The fourth-order valence-corrected chi connectivity index (χ4v) is 3.58. The number of benzene rings is 2.